The van der Waals surface area contributed by atoms with Gasteiger partial charge in [0.15, 0.2) is 5.69 Å². The fourth-order valence-electron chi connectivity index (χ4n) is 2.26. The predicted molar refractivity (Wildman–Crippen MR) is 81.7 cm³/mol. The van der Waals surface area contributed by atoms with Crippen LogP contribution in [-0.4, -0.2) is 34.0 Å². The van der Waals surface area contributed by atoms with E-state index in [-0.39, 0.29) is 5.91 Å². The maximum atomic E-state index is 12.2. The average Bonchev–Trinajstić information content (AvgIpc) is 3.04. The quantitative estimate of drug-likeness (QED) is 0.774. The van der Waals surface area contributed by atoms with Crippen LogP contribution in [-0.2, 0) is 0 Å². The molecule has 6 nitrogen and oxygen atoms in total. The summed E-state index contributed by atoms with van der Waals surface area (Å²) in [6, 6.07) is 8.21. The van der Waals surface area contributed by atoms with E-state index in [4.69, 9.17) is 0 Å². The highest BCUT2D eigenvalue weighted by Gasteiger charge is 2.21. The van der Waals surface area contributed by atoms with Crippen LogP contribution >= 0.6 is 11.3 Å². The van der Waals surface area contributed by atoms with Gasteiger partial charge >= 0.3 is 0 Å². The summed E-state index contributed by atoms with van der Waals surface area (Å²) >= 11 is 1.68. The summed E-state index contributed by atoms with van der Waals surface area (Å²) in [7, 11) is 0. The van der Waals surface area contributed by atoms with E-state index < -0.39 is 0 Å². The van der Waals surface area contributed by atoms with Crippen molar-refractivity contribution in [2.24, 2.45) is 0 Å². The van der Waals surface area contributed by atoms with E-state index >= 15 is 0 Å². The monoisotopic (exact) mass is 299 g/mol. The molecule has 7 heteroatoms. The Kier molecular flexibility index (Phi) is 2.94. The van der Waals surface area contributed by atoms with E-state index in [9.17, 15) is 4.79 Å². The van der Waals surface area contributed by atoms with Gasteiger partial charge in [-0.25, -0.2) is 4.68 Å². The standard InChI is InChI=1S/C14H13N5OS/c20-14(12-8-19(18-17-12)11-6-15-7-11)16-10-1-2-13-9(5-10)3-4-21-13/h1-5,8,11,15H,6-7H2,(H,16,20). The summed E-state index contributed by atoms with van der Waals surface area (Å²) < 4.78 is 2.95. The molecule has 1 amide bonds. The van der Waals surface area contributed by atoms with Crippen molar-refractivity contribution >= 4 is 33.0 Å². The third-order valence-electron chi connectivity index (χ3n) is 3.59. The minimum atomic E-state index is -0.233. The first-order chi connectivity index (χ1) is 10.3. The van der Waals surface area contributed by atoms with Crippen molar-refractivity contribution in [3.63, 3.8) is 0 Å². The maximum Gasteiger partial charge on any atom is 0.277 e. The Morgan fingerprint density at radius 2 is 2.29 bits per heavy atom. The number of aromatic nitrogens is 3. The van der Waals surface area contributed by atoms with Crippen LogP contribution in [0.3, 0.4) is 0 Å². The Bertz CT molecular complexity index is 804. The maximum absolute atomic E-state index is 12.2. The molecule has 2 aromatic heterocycles. The Balaban J connectivity index is 1.52. The second-order valence-electron chi connectivity index (χ2n) is 5.02. The fraction of sp³-hybridized carbons (Fsp3) is 0.214. The number of fused-ring (bicyclic) bond motifs is 1. The number of benzene rings is 1. The molecular formula is C14H13N5OS. The highest BCUT2D eigenvalue weighted by Crippen LogP contribution is 2.24. The van der Waals surface area contributed by atoms with Gasteiger partial charge in [0, 0.05) is 23.5 Å². The van der Waals surface area contributed by atoms with E-state index in [0.29, 0.717) is 11.7 Å². The number of anilines is 1. The largest absolute Gasteiger partial charge is 0.321 e. The van der Waals surface area contributed by atoms with Crippen LogP contribution in [0.5, 0.6) is 0 Å². The summed E-state index contributed by atoms with van der Waals surface area (Å²) in [4.78, 5) is 12.2. The molecule has 0 radical (unpaired) electrons. The lowest BCUT2D eigenvalue weighted by atomic mass is 10.2. The van der Waals surface area contributed by atoms with Gasteiger partial charge in [-0.15, -0.1) is 16.4 Å². The van der Waals surface area contributed by atoms with Gasteiger partial charge in [-0.3, -0.25) is 4.79 Å². The average molecular weight is 299 g/mol. The zero-order chi connectivity index (χ0) is 14.2. The fourth-order valence-corrected chi connectivity index (χ4v) is 3.03. The number of hydrogen-bond acceptors (Lipinski definition) is 5. The van der Waals surface area contributed by atoms with Gasteiger partial charge in [-0.05, 0) is 35.0 Å². The minimum absolute atomic E-state index is 0.233. The number of hydrogen-bond donors (Lipinski definition) is 2. The normalized spacial score (nSPS) is 15.0. The van der Waals surface area contributed by atoms with Crippen LogP contribution in [0.1, 0.15) is 16.5 Å². The molecule has 4 rings (SSSR count). The van der Waals surface area contributed by atoms with E-state index in [2.05, 4.69) is 20.9 Å². The molecule has 1 aliphatic heterocycles. The van der Waals surface area contributed by atoms with Crippen LogP contribution < -0.4 is 10.6 Å². The molecule has 3 aromatic rings. The number of carbonyl (C=O) groups excluding carboxylic acids is 1. The second kappa shape index (κ2) is 4.94. The lowest BCUT2D eigenvalue weighted by Crippen LogP contribution is -2.43. The molecule has 2 N–H and O–H groups in total. The SMILES string of the molecule is O=C(Nc1ccc2sccc2c1)c1cn(C2CNC2)nn1. The molecule has 3 heterocycles. The first kappa shape index (κ1) is 12.5. The van der Waals surface area contributed by atoms with Crippen molar-refractivity contribution in [1.82, 2.24) is 20.3 Å². The highest BCUT2D eigenvalue weighted by molar-refractivity contribution is 7.17. The topological polar surface area (TPSA) is 71.8 Å². The third kappa shape index (κ3) is 2.30. The van der Waals surface area contributed by atoms with E-state index in [0.717, 1.165) is 24.2 Å². The number of nitrogens with one attached hydrogen (secondary N) is 2. The molecule has 1 saturated heterocycles. The van der Waals surface area contributed by atoms with Crippen LogP contribution in [0, 0.1) is 0 Å². The Labute approximate surface area is 124 Å². The molecule has 1 aromatic carbocycles. The van der Waals surface area contributed by atoms with E-state index in [1.807, 2.05) is 29.6 Å². The van der Waals surface area contributed by atoms with Crippen molar-refractivity contribution in [2.45, 2.75) is 6.04 Å². The highest BCUT2D eigenvalue weighted by atomic mass is 32.1. The molecule has 1 fully saturated rings. The van der Waals surface area contributed by atoms with E-state index in [1.54, 1.807) is 22.2 Å². The molecule has 21 heavy (non-hydrogen) atoms. The van der Waals surface area contributed by atoms with Crippen molar-refractivity contribution < 1.29 is 4.79 Å². The van der Waals surface area contributed by atoms with Crippen molar-refractivity contribution in [2.75, 3.05) is 18.4 Å². The molecule has 0 aliphatic carbocycles. The molecule has 0 atom stereocenters. The molecule has 0 saturated carbocycles. The Hall–Kier alpha value is -2.25. The Morgan fingerprint density at radius 3 is 3.10 bits per heavy atom. The molecular weight excluding hydrogens is 286 g/mol. The lowest BCUT2D eigenvalue weighted by Gasteiger charge is -2.26. The second-order valence-corrected chi connectivity index (χ2v) is 5.97. The van der Waals surface area contributed by atoms with Gasteiger partial charge in [-0.2, -0.15) is 0 Å². The lowest BCUT2D eigenvalue weighted by molar-refractivity contribution is 0.102. The number of carbonyl (C=O) groups is 1. The van der Waals surface area contributed by atoms with E-state index in [1.165, 1.54) is 4.70 Å². The van der Waals surface area contributed by atoms with Crippen LogP contribution in [0.15, 0.2) is 35.8 Å². The van der Waals surface area contributed by atoms with Gasteiger partial charge in [0.1, 0.15) is 0 Å². The summed E-state index contributed by atoms with van der Waals surface area (Å²) in [5.74, 6) is -0.233. The molecule has 0 spiro atoms. The number of rotatable bonds is 3. The summed E-state index contributed by atoms with van der Waals surface area (Å²) in [6.45, 7) is 1.75. The zero-order valence-corrected chi connectivity index (χ0v) is 11.9. The molecule has 106 valence electrons. The van der Waals surface area contributed by atoms with Gasteiger partial charge in [-0.1, -0.05) is 5.21 Å². The first-order valence-electron chi connectivity index (χ1n) is 6.71. The van der Waals surface area contributed by atoms with Crippen molar-refractivity contribution in [3.8, 4) is 0 Å². The smallest absolute Gasteiger partial charge is 0.277 e. The third-order valence-corrected chi connectivity index (χ3v) is 4.49. The Morgan fingerprint density at radius 1 is 1.38 bits per heavy atom. The van der Waals surface area contributed by atoms with Crippen molar-refractivity contribution in [1.29, 1.82) is 0 Å². The van der Waals surface area contributed by atoms with Crippen LogP contribution in [0.4, 0.5) is 5.69 Å². The number of thiophene rings is 1. The van der Waals surface area contributed by atoms with Gasteiger partial charge < -0.3 is 10.6 Å². The number of nitrogens with zero attached hydrogens (tertiary/aromatic N) is 3. The first-order valence-corrected chi connectivity index (χ1v) is 7.59. The van der Waals surface area contributed by atoms with Crippen molar-refractivity contribution in [3.05, 3.63) is 41.5 Å². The summed E-state index contributed by atoms with van der Waals surface area (Å²) in [5, 5.41) is 17.1. The van der Waals surface area contributed by atoms with Crippen LogP contribution in [0.25, 0.3) is 10.1 Å². The molecule has 0 bridgehead atoms. The minimum Gasteiger partial charge on any atom is -0.321 e. The summed E-state index contributed by atoms with van der Waals surface area (Å²) in [5.41, 5.74) is 1.11. The molecule has 1 aliphatic rings. The number of amides is 1. The predicted octanol–water partition coefficient (Wildman–Crippen LogP) is 1.89. The summed E-state index contributed by atoms with van der Waals surface area (Å²) in [6.07, 6.45) is 1.70. The zero-order valence-electron chi connectivity index (χ0n) is 11.1. The van der Waals surface area contributed by atoms with Crippen LogP contribution in [0.2, 0.25) is 0 Å². The van der Waals surface area contributed by atoms with Gasteiger partial charge in [0.05, 0.1) is 12.2 Å². The van der Waals surface area contributed by atoms with Gasteiger partial charge in [0.25, 0.3) is 5.91 Å². The van der Waals surface area contributed by atoms with Gasteiger partial charge in [0.2, 0.25) is 0 Å². The molecule has 0 unspecified atom stereocenters.